The van der Waals surface area contributed by atoms with Gasteiger partial charge in [0.2, 0.25) is 0 Å². The van der Waals surface area contributed by atoms with E-state index in [0.29, 0.717) is 5.92 Å². The monoisotopic (exact) mass is 558 g/mol. The standard InChI is InChI=1S/C39H26S2/c1-2-9-25(10-3-1)26-14-8-16-35-37(26)33-20-18-24(23-36(33)40-35)17-19-30-27-11-4-5-12-28(27)31-21-22-32-29-13-6-7-15-34(29)41-39(32)38(30)31/h1-16,18,20-23,30H,17,19H2/t30-/m0/s1. The summed E-state index contributed by atoms with van der Waals surface area (Å²) in [5.41, 5.74) is 9.92. The number of benzene rings is 6. The molecule has 41 heavy (non-hydrogen) atoms. The summed E-state index contributed by atoms with van der Waals surface area (Å²) in [6, 6.07) is 47.4. The smallest absolute Gasteiger partial charge is 0.0399 e. The summed E-state index contributed by atoms with van der Waals surface area (Å²) in [7, 11) is 0. The molecule has 0 nitrogen and oxygen atoms in total. The molecule has 0 aliphatic heterocycles. The molecule has 2 heteroatoms. The van der Waals surface area contributed by atoms with E-state index in [0.717, 1.165) is 12.8 Å². The quantitative estimate of drug-likeness (QED) is 0.201. The van der Waals surface area contributed by atoms with Crippen LogP contribution in [0.4, 0.5) is 0 Å². The van der Waals surface area contributed by atoms with Crippen molar-refractivity contribution in [2.24, 2.45) is 0 Å². The molecule has 1 aliphatic rings. The van der Waals surface area contributed by atoms with Crippen LogP contribution in [0.15, 0.2) is 127 Å². The second-order valence-electron chi connectivity index (χ2n) is 11.2. The Balaban J connectivity index is 1.12. The van der Waals surface area contributed by atoms with Gasteiger partial charge in [0, 0.05) is 46.3 Å². The molecule has 6 aromatic carbocycles. The van der Waals surface area contributed by atoms with Crippen molar-refractivity contribution in [1.29, 1.82) is 0 Å². The Bertz CT molecular complexity index is 2270. The lowest BCUT2D eigenvalue weighted by Gasteiger charge is -2.15. The number of hydrogen-bond acceptors (Lipinski definition) is 2. The van der Waals surface area contributed by atoms with Crippen LogP contribution in [0.1, 0.15) is 29.0 Å². The van der Waals surface area contributed by atoms with Gasteiger partial charge in [-0.2, -0.15) is 0 Å². The van der Waals surface area contributed by atoms with Crippen molar-refractivity contribution < 1.29 is 0 Å². The highest BCUT2D eigenvalue weighted by Gasteiger charge is 2.31. The second kappa shape index (κ2) is 9.14. The maximum Gasteiger partial charge on any atom is 0.0399 e. The van der Waals surface area contributed by atoms with Crippen LogP contribution in [-0.4, -0.2) is 0 Å². The van der Waals surface area contributed by atoms with E-state index in [4.69, 9.17) is 0 Å². The molecule has 0 fully saturated rings. The molecule has 2 aromatic heterocycles. The fraction of sp³-hybridized carbons (Fsp3) is 0.0769. The largest absolute Gasteiger partial charge is 0.135 e. The van der Waals surface area contributed by atoms with Crippen LogP contribution in [0.25, 0.3) is 62.6 Å². The molecular weight excluding hydrogens is 533 g/mol. The maximum atomic E-state index is 2.45. The zero-order valence-electron chi connectivity index (χ0n) is 22.4. The molecule has 0 saturated heterocycles. The Morgan fingerprint density at radius 3 is 2.24 bits per heavy atom. The van der Waals surface area contributed by atoms with Gasteiger partial charge < -0.3 is 0 Å². The molecule has 0 bridgehead atoms. The van der Waals surface area contributed by atoms with Crippen molar-refractivity contribution >= 4 is 63.0 Å². The Morgan fingerprint density at radius 2 is 1.29 bits per heavy atom. The van der Waals surface area contributed by atoms with Crippen molar-refractivity contribution in [3.63, 3.8) is 0 Å². The average Bonchev–Trinajstić information content (AvgIpc) is 3.69. The summed E-state index contributed by atoms with van der Waals surface area (Å²) < 4.78 is 5.61. The maximum absolute atomic E-state index is 2.45. The molecular formula is C39H26S2. The van der Waals surface area contributed by atoms with Gasteiger partial charge in [0.1, 0.15) is 0 Å². The molecule has 0 saturated carbocycles. The lowest BCUT2D eigenvalue weighted by atomic mass is 9.89. The first kappa shape index (κ1) is 23.5. The van der Waals surface area contributed by atoms with Crippen LogP contribution in [0, 0.1) is 0 Å². The molecule has 8 aromatic rings. The summed E-state index contributed by atoms with van der Waals surface area (Å²) in [6.45, 7) is 0. The third-order valence-corrected chi connectivity index (χ3v) is 11.3. The Hall–Kier alpha value is -4.24. The van der Waals surface area contributed by atoms with Crippen molar-refractivity contribution in [1.82, 2.24) is 0 Å². The zero-order chi connectivity index (χ0) is 26.9. The van der Waals surface area contributed by atoms with Crippen molar-refractivity contribution in [3.05, 3.63) is 144 Å². The Morgan fingerprint density at radius 1 is 0.512 bits per heavy atom. The first-order valence-electron chi connectivity index (χ1n) is 14.4. The first-order chi connectivity index (χ1) is 20.3. The lowest BCUT2D eigenvalue weighted by Crippen LogP contribution is -1.99. The van der Waals surface area contributed by atoms with Crippen LogP contribution in [0.2, 0.25) is 0 Å². The van der Waals surface area contributed by atoms with Crippen molar-refractivity contribution in [3.8, 4) is 22.3 Å². The molecule has 0 amide bonds. The molecule has 0 unspecified atom stereocenters. The third kappa shape index (κ3) is 3.58. The third-order valence-electron chi connectivity index (χ3n) is 8.93. The van der Waals surface area contributed by atoms with Crippen molar-refractivity contribution in [2.45, 2.75) is 18.8 Å². The fourth-order valence-electron chi connectivity index (χ4n) is 7.09. The van der Waals surface area contributed by atoms with Crippen LogP contribution in [0.3, 0.4) is 0 Å². The summed E-state index contributed by atoms with van der Waals surface area (Å²) in [5, 5.41) is 5.55. The van der Waals surface area contributed by atoms with E-state index < -0.39 is 0 Å². The molecule has 0 radical (unpaired) electrons. The lowest BCUT2D eigenvalue weighted by molar-refractivity contribution is 0.735. The van der Waals surface area contributed by atoms with Crippen LogP contribution in [-0.2, 0) is 6.42 Å². The summed E-state index contributed by atoms with van der Waals surface area (Å²) in [6.07, 6.45) is 2.18. The van der Waals surface area contributed by atoms with Gasteiger partial charge in [-0.15, -0.1) is 22.7 Å². The van der Waals surface area contributed by atoms with Gasteiger partial charge in [0.05, 0.1) is 0 Å². The van der Waals surface area contributed by atoms with E-state index >= 15 is 0 Å². The fourth-order valence-corrected chi connectivity index (χ4v) is 9.59. The minimum atomic E-state index is 0.417. The highest BCUT2D eigenvalue weighted by Crippen LogP contribution is 2.52. The predicted octanol–water partition coefficient (Wildman–Crippen LogP) is 11.8. The van der Waals surface area contributed by atoms with Gasteiger partial charge >= 0.3 is 0 Å². The summed E-state index contributed by atoms with van der Waals surface area (Å²) in [5.74, 6) is 0.417. The minimum Gasteiger partial charge on any atom is -0.135 e. The number of fused-ring (bicyclic) bond motifs is 10. The second-order valence-corrected chi connectivity index (χ2v) is 13.3. The Kier molecular flexibility index (Phi) is 5.23. The van der Waals surface area contributed by atoms with Crippen LogP contribution in [0.5, 0.6) is 0 Å². The van der Waals surface area contributed by atoms with Crippen molar-refractivity contribution in [2.75, 3.05) is 0 Å². The topological polar surface area (TPSA) is 0 Å². The van der Waals surface area contributed by atoms with E-state index in [1.165, 1.54) is 73.7 Å². The molecule has 194 valence electrons. The number of aryl methyl sites for hydroxylation is 1. The minimum absolute atomic E-state index is 0.417. The van der Waals surface area contributed by atoms with E-state index in [1.54, 1.807) is 5.56 Å². The van der Waals surface area contributed by atoms with Gasteiger partial charge in [0.15, 0.2) is 0 Å². The normalized spacial score (nSPS) is 14.3. The molecule has 0 spiro atoms. The molecule has 1 atom stereocenters. The van der Waals surface area contributed by atoms with E-state index in [-0.39, 0.29) is 0 Å². The van der Waals surface area contributed by atoms with Gasteiger partial charge in [0.25, 0.3) is 0 Å². The van der Waals surface area contributed by atoms with E-state index in [1.807, 2.05) is 22.7 Å². The first-order valence-corrected chi connectivity index (χ1v) is 16.0. The van der Waals surface area contributed by atoms with Gasteiger partial charge in [-0.05, 0) is 70.0 Å². The van der Waals surface area contributed by atoms with Crippen LogP contribution < -0.4 is 0 Å². The average molecular weight is 559 g/mol. The number of thiophene rings is 2. The molecule has 1 aliphatic carbocycles. The molecule has 2 heterocycles. The SMILES string of the molecule is c1ccc(-c2cccc3sc4cc(CC[C@H]5c6ccccc6-c6ccc7c(sc8ccccc87)c65)ccc4c23)cc1. The predicted molar refractivity (Wildman–Crippen MR) is 180 cm³/mol. The number of rotatable bonds is 4. The van der Waals surface area contributed by atoms with E-state index in [2.05, 4.69) is 127 Å². The van der Waals surface area contributed by atoms with Gasteiger partial charge in [-0.3, -0.25) is 0 Å². The highest BCUT2D eigenvalue weighted by molar-refractivity contribution is 7.26. The molecule has 0 N–H and O–H groups in total. The Labute approximate surface area is 247 Å². The van der Waals surface area contributed by atoms with Gasteiger partial charge in [-0.25, -0.2) is 0 Å². The number of hydrogen-bond donors (Lipinski definition) is 0. The van der Waals surface area contributed by atoms with Crippen LogP contribution >= 0.6 is 22.7 Å². The summed E-state index contributed by atoms with van der Waals surface area (Å²) in [4.78, 5) is 0. The van der Waals surface area contributed by atoms with Gasteiger partial charge in [-0.1, -0.05) is 109 Å². The highest BCUT2D eigenvalue weighted by atomic mass is 32.1. The molecule has 9 rings (SSSR count). The summed E-state index contributed by atoms with van der Waals surface area (Å²) >= 11 is 3.89. The van der Waals surface area contributed by atoms with E-state index in [9.17, 15) is 0 Å². The zero-order valence-corrected chi connectivity index (χ0v) is 24.1.